The number of anilines is 1. The van der Waals surface area contributed by atoms with E-state index in [4.69, 9.17) is 10.6 Å². The van der Waals surface area contributed by atoms with Crippen molar-refractivity contribution in [3.8, 4) is 0 Å². The second-order valence-electron chi connectivity index (χ2n) is 6.67. The molecule has 1 saturated heterocycles. The SMILES string of the molecule is CO/N=C(\C(=O)N[C@@H]1C(=O)N2C(C(=O)[O-])=C(CSc3nnnn3C)CS[C@H]12)c1csc(N)n1.[Na+]. The number of hydrogen-bond acceptors (Lipinski definition) is 14. The summed E-state index contributed by atoms with van der Waals surface area (Å²) in [5.41, 5.74) is 5.97. The van der Waals surface area contributed by atoms with Crippen LogP contribution in [0.4, 0.5) is 5.13 Å². The Balaban J connectivity index is 0.00000324. The Bertz CT molecular complexity index is 1180. The van der Waals surface area contributed by atoms with E-state index < -0.39 is 29.2 Å². The van der Waals surface area contributed by atoms with Gasteiger partial charge in [0.15, 0.2) is 10.8 Å². The van der Waals surface area contributed by atoms with Crippen LogP contribution < -0.4 is 45.7 Å². The standard InChI is InChI=1S/C16H17N9O5S3.Na/c1-24-16(20-22-23-24)33-4-6-3-31-13-9(12(27)25(13)10(6)14(28)29)19-11(26)8(21-30-2)7-5-32-15(17)18-7;/h5,9,13H,3-4H2,1-2H3,(H2,17,18)(H,19,26)(H,28,29);/q;+1/p-1/b21-8-;/t9-,13-;/m1./s1. The van der Waals surface area contributed by atoms with Gasteiger partial charge in [0.2, 0.25) is 5.16 Å². The number of tetrazole rings is 1. The Labute approximate surface area is 227 Å². The van der Waals surface area contributed by atoms with Gasteiger partial charge in [-0.1, -0.05) is 16.9 Å². The van der Waals surface area contributed by atoms with Crippen molar-refractivity contribution in [1.29, 1.82) is 0 Å². The fraction of sp³-hybridized carbons (Fsp3) is 0.375. The van der Waals surface area contributed by atoms with Crippen LogP contribution in [0.2, 0.25) is 0 Å². The van der Waals surface area contributed by atoms with Gasteiger partial charge in [0.05, 0.1) is 11.7 Å². The zero-order valence-corrected chi connectivity index (χ0v) is 22.6. The number of aliphatic carboxylic acids is 1. The fourth-order valence-electron chi connectivity index (χ4n) is 3.18. The van der Waals surface area contributed by atoms with Crippen molar-refractivity contribution in [1.82, 2.24) is 35.4 Å². The van der Waals surface area contributed by atoms with Crippen LogP contribution in [0.25, 0.3) is 0 Å². The van der Waals surface area contributed by atoms with Gasteiger partial charge in [-0.3, -0.25) is 14.5 Å². The van der Waals surface area contributed by atoms with E-state index in [1.807, 2.05) is 0 Å². The van der Waals surface area contributed by atoms with Gasteiger partial charge in [-0.15, -0.1) is 28.2 Å². The van der Waals surface area contributed by atoms with Crippen LogP contribution in [0.15, 0.2) is 27.0 Å². The van der Waals surface area contributed by atoms with Gasteiger partial charge in [0.25, 0.3) is 11.8 Å². The summed E-state index contributed by atoms with van der Waals surface area (Å²) in [5.74, 6) is -2.16. The first-order valence-corrected chi connectivity index (χ1v) is 12.1. The molecule has 14 nitrogen and oxygen atoms in total. The summed E-state index contributed by atoms with van der Waals surface area (Å²) >= 11 is 3.69. The minimum Gasteiger partial charge on any atom is -0.543 e. The van der Waals surface area contributed by atoms with Crippen molar-refractivity contribution in [2.24, 2.45) is 12.2 Å². The molecule has 4 rings (SSSR count). The number of fused-ring (bicyclic) bond motifs is 1. The van der Waals surface area contributed by atoms with E-state index in [0.29, 0.717) is 16.5 Å². The number of carboxylic acids is 1. The molecule has 0 bridgehead atoms. The molecule has 2 amide bonds. The molecule has 1 fully saturated rings. The molecular weight excluding hydrogens is 517 g/mol. The molecule has 0 saturated carbocycles. The van der Waals surface area contributed by atoms with Crippen LogP contribution in [0.3, 0.4) is 0 Å². The molecular formula is C16H16N9NaO5S3. The molecule has 2 atom stereocenters. The first-order chi connectivity index (χ1) is 15.8. The molecule has 3 N–H and O–H groups in total. The Kier molecular flexibility index (Phi) is 8.58. The topological polar surface area (TPSA) is 194 Å². The van der Waals surface area contributed by atoms with Crippen molar-refractivity contribution in [3.05, 3.63) is 22.3 Å². The number of aryl methyl sites for hydroxylation is 1. The number of carbonyl (C=O) groups excluding carboxylic acids is 3. The summed E-state index contributed by atoms with van der Waals surface area (Å²) in [4.78, 5) is 47.3. The third-order valence-corrected chi connectivity index (χ3v) is 7.76. The van der Waals surface area contributed by atoms with Crippen molar-refractivity contribution in [2.75, 3.05) is 24.3 Å². The Morgan fingerprint density at radius 1 is 1.47 bits per heavy atom. The van der Waals surface area contributed by atoms with Crippen molar-refractivity contribution >= 4 is 63.5 Å². The summed E-state index contributed by atoms with van der Waals surface area (Å²) in [6.45, 7) is 0. The number of carbonyl (C=O) groups is 3. The number of amides is 2. The molecule has 174 valence electrons. The van der Waals surface area contributed by atoms with Gasteiger partial charge in [0.1, 0.15) is 24.2 Å². The van der Waals surface area contributed by atoms with E-state index in [2.05, 4.69) is 31.0 Å². The normalized spacial score (nSPS) is 19.8. The fourth-order valence-corrected chi connectivity index (χ4v) is 6.06. The number of oxime groups is 1. The number of nitrogens with one attached hydrogen (secondary N) is 1. The predicted octanol–water partition coefficient (Wildman–Crippen LogP) is -5.20. The molecule has 18 heteroatoms. The third-order valence-electron chi connectivity index (χ3n) is 4.65. The summed E-state index contributed by atoms with van der Waals surface area (Å²) in [7, 11) is 2.93. The van der Waals surface area contributed by atoms with Crippen molar-refractivity contribution in [3.63, 3.8) is 0 Å². The average molecular weight is 534 g/mol. The molecule has 2 aliphatic heterocycles. The summed E-state index contributed by atoms with van der Waals surface area (Å²) in [6, 6.07) is -0.952. The Morgan fingerprint density at radius 2 is 2.24 bits per heavy atom. The minimum absolute atomic E-state index is 0. The van der Waals surface area contributed by atoms with Crippen LogP contribution in [-0.2, 0) is 26.3 Å². The van der Waals surface area contributed by atoms with E-state index in [0.717, 1.165) is 16.2 Å². The number of hydrogen-bond donors (Lipinski definition) is 2. The summed E-state index contributed by atoms with van der Waals surface area (Å²) in [5, 5.41) is 30.9. The maximum atomic E-state index is 12.8. The van der Waals surface area contributed by atoms with Gasteiger partial charge in [-0.2, -0.15) is 0 Å². The third kappa shape index (κ3) is 5.08. The molecule has 0 aromatic carbocycles. The zero-order chi connectivity index (χ0) is 23.7. The number of nitrogens with two attached hydrogens (primary N) is 1. The number of nitrogens with zero attached hydrogens (tertiary/aromatic N) is 7. The van der Waals surface area contributed by atoms with Crippen molar-refractivity contribution in [2.45, 2.75) is 16.6 Å². The molecule has 0 unspecified atom stereocenters. The summed E-state index contributed by atoms with van der Waals surface area (Å²) < 4.78 is 1.46. The molecule has 0 radical (unpaired) electrons. The average Bonchev–Trinajstić information content (AvgIpc) is 3.40. The molecule has 0 aliphatic carbocycles. The number of nitrogen functional groups attached to an aromatic ring is 1. The van der Waals surface area contributed by atoms with Crippen LogP contribution in [0.5, 0.6) is 0 Å². The maximum Gasteiger partial charge on any atom is 1.00 e. The van der Waals surface area contributed by atoms with Crippen LogP contribution in [0.1, 0.15) is 5.69 Å². The second kappa shape index (κ2) is 11.0. The van der Waals surface area contributed by atoms with Gasteiger partial charge in [0, 0.05) is 23.9 Å². The molecule has 2 aromatic heterocycles. The van der Waals surface area contributed by atoms with Gasteiger partial charge < -0.3 is 25.8 Å². The Morgan fingerprint density at radius 3 is 2.82 bits per heavy atom. The van der Waals surface area contributed by atoms with E-state index in [9.17, 15) is 19.5 Å². The first kappa shape index (κ1) is 26.4. The monoisotopic (exact) mass is 533 g/mol. The molecule has 0 spiro atoms. The van der Waals surface area contributed by atoms with Crippen LogP contribution in [0, 0.1) is 0 Å². The van der Waals surface area contributed by atoms with E-state index in [-0.39, 0.29) is 57.5 Å². The maximum absolute atomic E-state index is 12.8. The molecule has 2 aromatic rings. The number of thioether (sulfide) groups is 2. The van der Waals surface area contributed by atoms with E-state index in [1.165, 1.54) is 40.7 Å². The molecule has 2 aliphatic rings. The van der Waals surface area contributed by atoms with Crippen LogP contribution in [-0.4, -0.2) is 83.6 Å². The quantitative estimate of drug-likeness (QED) is 0.108. The number of rotatable bonds is 8. The van der Waals surface area contributed by atoms with Gasteiger partial charge >= 0.3 is 29.6 Å². The summed E-state index contributed by atoms with van der Waals surface area (Å²) in [6.07, 6.45) is 0. The Hall–Kier alpha value is -2.18. The molecule has 4 heterocycles. The predicted molar refractivity (Wildman–Crippen MR) is 117 cm³/mol. The number of aromatic nitrogens is 5. The van der Waals surface area contributed by atoms with Gasteiger partial charge in [-0.25, -0.2) is 9.67 Å². The van der Waals surface area contributed by atoms with Gasteiger partial charge in [-0.05, 0) is 16.0 Å². The zero-order valence-electron chi connectivity index (χ0n) is 18.1. The molecule has 34 heavy (non-hydrogen) atoms. The number of thiazole rings is 1. The minimum atomic E-state index is -1.47. The number of carboxylic acid groups (broad SMARTS) is 1. The van der Waals surface area contributed by atoms with Crippen LogP contribution >= 0.6 is 34.9 Å². The van der Waals surface area contributed by atoms with E-state index in [1.54, 1.807) is 7.05 Å². The smallest absolute Gasteiger partial charge is 0.543 e. The van der Waals surface area contributed by atoms with E-state index >= 15 is 0 Å². The first-order valence-electron chi connectivity index (χ1n) is 9.18. The van der Waals surface area contributed by atoms with Crippen molar-refractivity contribution < 1.29 is 53.9 Å². The largest absolute Gasteiger partial charge is 1.00 e. The number of β-lactam (4-membered cyclic amide) rings is 1. The second-order valence-corrected chi connectivity index (χ2v) is 9.60.